The van der Waals surface area contributed by atoms with Gasteiger partial charge in [0.1, 0.15) is 17.1 Å². The lowest BCUT2D eigenvalue weighted by molar-refractivity contribution is 0.0658. The number of aromatic amines is 1. The molecular formula is C45H48FN7O5. The predicted molar refractivity (Wildman–Crippen MR) is 219 cm³/mol. The van der Waals surface area contributed by atoms with Gasteiger partial charge in [0, 0.05) is 56.7 Å². The fourth-order valence-corrected chi connectivity index (χ4v) is 9.89. The van der Waals surface area contributed by atoms with Gasteiger partial charge in [0.05, 0.1) is 17.4 Å². The molecule has 3 aliphatic heterocycles. The zero-order valence-corrected chi connectivity index (χ0v) is 33.1. The molecular weight excluding hydrogens is 738 g/mol. The number of H-pyrrole nitrogens is 1. The van der Waals surface area contributed by atoms with Crippen LogP contribution in [-0.2, 0) is 16.7 Å². The van der Waals surface area contributed by atoms with Crippen LogP contribution in [0.3, 0.4) is 0 Å². The summed E-state index contributed by atoms with van der Waals surface area (Å²) in [5.74, 6) is 0.425. The number of nitrogens with one attached hydrogen (secondary N) is 1. The van der Waals surface area contributed by atoms with Gasteiger partial charge < -0.3 is 19.1 Å². The van der Waals surface area contributed by atoms with Gasteiger partial charge >= 0.3 is 5.76 Å². The highest BCUT2D eigenvalue weighted by molar-refractivity contribution is 6.00. The van der Waals surface area contributed by atoms with Gasteiger partial charge in [-0.25, -0.2) is 18.7 Å². The van der Waals surface area contributed by atoms with Gasteiger partial charge in [-0.05, 0) is 111 Å². The van der Waals surface area contributed by atoms with Crippen molar-refractivity contribution >= 4 is 22.8 Å². The normalized spacial score (nSPS) is 22.3. The number of ether oxygens (including phenoxy) is 1. The van der Waals surface area contributed by atoms with E-state index in [2.05, 4.69) is 56.9 Å². The van der Waals surface area contributed by atoms with Crippen LogP contribution in [0.4, 0.5) is 10.3 Å². The van der Waals surface area contributed by atoms with Crippen molar-refractivity contribution < 1.29 is 19.9 Å². The number of aryl methyl sites for hydroxylation is 2. The molecule has 1 aliphatic carbocycles. The van der Waals surface area contributed by atoms with E-state index in [9.17, 15) is 14.0 Å². The fourth-order valence-electron chi connectivity index (χ4n) is 9.89. The van der Waals surface area contributed by atoms with E-state index in [0.29, 0.717) is 83.9 Å². The standard InChI is InChI=1S/C45H46FN7O5.H2/c1-25-18-34(19-26(2)38(25)46)52-40(54)35-12-15-51(28(4)39(35)47-43(52)50-23-33(24-50)29-8-6-5-7-9-29)41(55)37-21-32-20-31(30-13-16-57-17-14-30)10-11-36(32)53(37)45(22-27(45)3)42-48-44(56)58-49-42;/h5-11,18-21,27-28,30,33H,12-17,22-24H2,1-4H3,(H,48,49,56);1H/t27-,28-,45+;/m0./s1. The highest BCUT2D eigenvalue weighted by Crippen LogP contribution is 2.56. The van der Waals surface area contributed by atoms with Gasteiger partial charge in [0.2, 0.25) is 5.95 Å². The van der Waals surface area contributed by atoms with Crippen LogP contribution in [0, 0.1) is 25.6 Å². The molecule has 10 rings (SSSR count). The van der Waals surface area contributed by atoms with Gasteiger partial charge in [-0.2, -0.15) is 0 Å². The highest BCUT2D eigenvalue weighted by atomic mass is 19.1. The van der Waals surface area contributed by atoms with Gasteiger partial charge in [-0.15, -0.1) is 0 Å². The minimum atomic E-state index is -0.784. The number of carbonyl (C=O) groups is 1. The number of hydrogen-bond acceptors (Lipinski definition) is 8. The molecule has 4 aliphatic rings. The Hall–Kier alpha value is -5.82. The maximum absolute atomic E-state index is 15.2. The first-order valence-corrected chi connectivity index (χ1v) is 20.4. The summed E-state index contributed by atoms with van der Waals surface area (Å²) >= 11 is 0. The Labute approximate surface area is 335 Å². The molecule has 12 nitrogen and oxygen atoms in total. The molecule has 6 aromatic rings. The van der Waals surface area contributed by atoms with Gasteiger partial charge in [-0.1, -0.05) is 48.5 Å². The lowest BCUT2D eigenvalue weighted by Crippen LogP contribution is -2.50. The Morgan fingerprint density at radius 3 is 2.34 bits per heavy atom. The third-order valence-electron chi connectivity index (χ3n) is 13.3. The maximum atomic E-state index is 15.2. The average Bonchev–Trinajstić information content (AvgIpc) is 3.48. The summed E-state index contributed by atoms with van der Waals surface area (Å²) in [5, 5.41) is 5.09. The molecule has 58 heavy (non-hydrogen) atoms. The number of halogens is 1. The highest BCUT2D eigenvalue weighted by Gasteiger charge is 2.59. The monoisotopic (exact) mass is 785 g/mol. The van der Waals surface area contributed by atoms with E-state index in [0.717, 1.165) is 37.0 Å². The molecule has 1 saturated carbocycles. The van der Waals surface area contributed by atoms with Crippen LogP contribution < -0.4 is 16.2 Å². The van der Waals surface area contributed by atoms with E-state index >= 15 is 4.79 Å². The molecule has 0 bridgehead atoms. The molecule has 1 N–H and O–H groups in total. The summed E-state index contributed by atoms with van der Waals surface area (Å²) in [6, 6.07) is 21.6. The lowest BCUT2D eigenvalue weighted by Gasteiger charge is -2.42. The molecule has 3 aromatic heterocycles. The van der Waals surface area contributed by atoms with E-state index in [1.807, 2.05) is 36.1 Å². The Morgan fingerprint density at radius 1 is 0.948 bits per heavy atom. The van der Waals surface area contributed by atoms with Gasteiger partial charge in [-0.3, -0.25) is 19.1 Å². The third kappa shape index (κ3) is 5.68. The Bertz CT molecular complexity index is 2710. The molecule has 0 radical (unpaired) electrons. The number of anilines is 1. The Balaban J connectivity index is 0.00000449. The SMILES string of the molecule is Cc1cc(-n2c(N3CC(c4ccccc4)C3)nc3c(c2=O)CCN(C(=O)c2cc4cc(C5CCOCC5)ccc4n2[C@]2(c4noc(=O)[nH]4)C[C@@H]2C)[C@H]3C)cc(C)c1F.[HH]. The van der Waals surface area contributed by atoms with Crippen LogP contribution in [0.15, 0.2) is 80.8 Å². The second-order valence-corrected chi connectivity index (χ2v) is 16.8. The van der Waals surface area contributed by atoms with Crippen molar-refractivity contribution in [3.8, 4) is 5.69 Å². The molecule has 6 heterocycles. The minimum Gasteiger partial charge on any atom is -0.381 e. The number of amides is 1. The number of benzene rings is 3. The number of hydrogen-bond donors (Lipinski definition) is 1. The smallest absolute Gasteiger partial charge is 0.381 e. The van der Waals surface area contributed by atoms with Crippen LogP contribution in [0.25, 0.3) is 16.6 Å². The van der Waals surface area contributed by atoms with Crippen LogP contribution in [-0.4, -0.2) is 67.9 Å². The van der Waals surface area contributed by atoms with Crippen molar-refractivity contribution in [2.75, 3.05) is 37.7 Å². The second-order valence-electron chi connectivity index (χ2n) is 16.8. The summed E-state index contributed by atoms with van der Waals surface area (Å²) in [5.41, 5.74) is 5.37. The number of carbonyl (C=O) groups excluding carboxylic acids is 1. The average molecular weight is 786 g/mol. The first-order valence-electron chi connectivity index (χ1n) is 20.4. The fraction of sp³-hybridized carbons (Fsp3) is 0.400. The molecule has 300 valence electrons. The summed E-state index contributed by atoms with van der Waals surface area (Å²) in [7, 11) is 0. The summed E-state index contributed by atoms with van der Waals surface area (Å²) in [6.45, 7) is 10.5. The first kappa shape index (κ1) is 36.5. The Morgan fingerprint density at radius 2 is 1.67 bits per heavy atom. The molecule has 13 heteroatoms. The van der Waals surface area contributed by atoms with Crippen molar-refractivity contribution in [1.29, 1.82) is 0 Å². The van der Waals surface area contributed by atoms with Crippen LogP contribution in [0.2, 0.25) is 0 Å². The van der Waals surface area contributed by atoms with E-state index < -0.39 is 17.3 Å². The van der Waals surface area contributed by atoms with Crippen LogP contribution in [0.1, 0.15) is 102 Å². The number of nitrogens with zero attached hydrogens (tertiary/aromatic N) is 6. The van der Waals surface area contributed by atoms with Crippen molar-refractivity contribution in [2.24, 2.45) is 5.92 Å². The largest absolute Gasteiger partial charge is 0.438 e. The quantitative estimate of drug-likeness (QED) is 0.185. The van der Waals surface area contributed by atoms with Crippen molar-refractivity contribution in [3.63, 3.8) is 0 Å². The van der Waals surface area contributed by atoms with E-state index in [4.69, 9.17) is 14.2 Å². The topological polar surface area (TPSA) is 131 Å². The second kappa shape index (κ2) is 13.6. The van der Waals surface area contributed by atoms with Crippen molar-refractivity contribution in [3.05, 3.63) is 138 Å². The van der Waals surface area contributed by atoms with Gasteiger partial charge in [0.15, 0.2) is 5.82 Å². The van der Waals surface area contributed by atoms with Crippen molar-refractivity contribution in [1.82, 2.24) is 29.2 Å². The minimum absolute atomic E-state index is 0. The lowest BCUT2D eigenvalue weighted by atomic mass is 9.91. The maximum Gasteiger partial charge on any atom is 0.438 e. The summed E-state index contributed by atoms with van der Waals surface area (Å²) in [4.78, 5) is 54.2. The van der Waals surface area contributed by atoms with Crippen molar-refractivity contribution in [2.45, 2.75) is 76.8 Å². The molecule has 1 amide bonds. The molecule has 3 atom stereocenters. The zero-order chi connectivity index (χ0) is 40.0. The molecule has 3 aromatic carbocycles. The predicted octanol–water partition coefficient (Wildman–Crippen LogP) is 6.91. The van der Waals surface area contributed by atoms with Crippen LogP contribution >= 0.6 is 0 Å². The number of fused-ring (bicyclic) bond motifs is 2. The summed E-state index contributed by atoms with van der Waals surface area (Å²) < 4.78 is 29.3. The van der Waals surface area contributed by atoms with E-state index in [1.165, 1.54) is 11.1 Å². The first-order chi connectivity index (χ1) is 28.0. The molecule has 0 unspecified atom stereocenters. The number of aromatic nitrogens is 5. The molecule has 2 saturated heterocycles. The molecule has 3 fully saturated rings. The summed E-state index contributed by atoms with van der Waals surface area (Å²) in [6.07, 6.45) is 2.83. The number of rotatable bonds is 7. The Kier molecular flexibility index (Phi) is 8.59. The third-order valence-corrected chi connectivity index (χ3v) is 13.3. The van der Waals surface area contributed by atoms with Gasteiger partial charge in [0.25, 0.3) is 11.5 Å². The zero-order valence-electron chi connectivity index (χ0n) is 33.1. The van der Waals surface area contributed by atoms with E-state index in [-0.39, 0.29) is 30.5 Å². The van der Waals surface area contributed by atoms with E-state index in [1.54, 1.807) is 30.5 Å². The molecule has 0 spiro atoms. The van der Waals surface area contributed by atoms with Crippen LogP contribution in [0.5, 0.6) is 0 Å².